The maximum atomic E-state index is 9.14. The van der Waals surface area contributed by atoms with Gasteiger partial charge in [-0.3, -0.25) is 0 Å². The summed E-state index contributed by atoms with van der Waals surface area (Å²) >= 11 is 13.7. The molecule has 0 saturated carbocycles. The van der Waals surface area contributed by atoms with Crippen LogP contribution in [0.1, 0.15) is 18.4 Å². The molecule has 2 N–H and O–H groups in total. The SMILES string of the molecule is CCC(CO)NCc1nc(-c2cc(Cl)ccc2Cl)cs1. The molecule has 0 aliphatic carbocycles. The standard InChI is InChI=1S/C14H16Cl2N2OS/c1-2-10(7-19)17-6-14-18-13(8-20-14)11-5-9(15)3-4-12(11)16/h3-5,8,10,17,19H,2,6-7H2,1H3. The predicted octanol–water partition coefficient (Wildman–Crippen LogP) is 3.98. The van der Waals surface area contributed by atoms with Gasteiger partial charge in [0, 0.05) is 28.6 Å². The fourth-order valence-electron chi connectivity index (χ4n) is 1.78. The number of thiazole rings is 1. The van der Waals surface area contributed by atoms with Gasteiger partial charge in [-0.1, -0.05) is 30.1 Å². The summed E-state index contributed by atoms with van der Waals surface area (Å²) in [5.41, 5.74) is 1.67. The quantitative estimate of drug-likeness (QED) is 0.842. The van der Waals surface area contributed by atoms with Gasteiger partial charge in [-0.05, 0) is 24.6 Å². The molecular formula is C14H16Cl2N2OS. The number of aliphatic hydroxyl groups is 1. The number of aromatic nitrogens is 1. The van der Waals surface area contributed by atoms with Crippen molar-refractivity contribution in [3.8, 4) is 11.3 Å². The van der Waals surface area contributed by atoms with Crippen molar-refractivity contribution in [2.45, 2.75) is 25.9 Å². The highest BCUT2D eigenvalue weighted by Crippen LogP contribution is 2.31. The second-order valence-corrected chi connectivity index (χ2v) is 6.21. The predicted molar refractivity (Wildman–Crippen MR) is 85.6 cm³/mol. The van der Waals surface area contributed by atoms with Gasteiger partial charge in [0.15, 0.2) is 0 Å². The van der Waals surface area contributed by atoms with Crippen molar-refractivity contribution >= 4 is 34.5 Å². The molecule has 1 atom stereocenters. The third-order valence-electron chi connectivity index (χ3n) is 3.01. The van der Waals surface area contributed by atoms with Crippen molar-refractivity contribution in [2.24, 2.45) is 0 Å². The molecule has 0 saturated heterocycles. The highest BCUT2D eigenvalue weighted by atomic mass is 35.5. The first kappa shape index (κ1) is 15.7. The van der Waals surface area contributed by atoms with E-state index in [-0.39, 0.29) is 12.6 Å². The van der Waals surface area contributed by atoms with Crippen molar-refractivity contribution in [2.75, 3.05) is 6.61 Å². The molecule has 0 fully saturated rings. The van der Waals surface area contributed by atoms with Gasteiger partial charge in [-0.2, -0.15) is 0 Å². The second kappa shape index (κ2) is 7.38. The normalized spacial score (nSPS) is 12.6. The summed E-state index contributed by atoms with van der Waals surface area (Å²) in [7, 11) is 0. The zero-order valence-corrected chi connectivity index (χ0v) is 13.4. The molecule has 0 amide bonds. The van der Waals surface area contributed by atoms with Gasteiger partial charge < -0.3 is 10.4 Å². The van der Waals surface area contributed by atoms with Crippen LogP contribution in [0.3, 0.4) is 0 Å². The lowest BCUT2D eigenvalue weighted by Crippen LogP contribution is -2.31. The molecule has 20 heavy (non-hydrogen) atoms. The van der Waals surface area contributed by atoms with Gasteiger partial charge in [0.05, 0.1) is 17.3 Å². The van der Waals surface area contributed by atoms with Crippen LogP contribution < -0.4 is 5.32 Å². The van der Waals surface area contributed by atoms with Gasteiger partial charge in [0.25, 0.3) is 0 Å². The lowest BCUT2D eigenvalue weighted by Gasteiger charge is -2.12. The Morgan fingerprint density at radius 1 is 1.40 bits per heavy atom. The highest BCUT2D eigenvalue weighted by Gasteiger charge is 2.10. The summed E-state index contributed by atoms with van der Waals surface area (Å²) in [6.45, 7) is 2.81. The van der Waals surface area contributed by atoms with Crippen LogP contribution in [0.2, 0.25) is 10.0 Å². The van der Waals surface area contributed by atoms with Gasteiger partial charge in [0.2, 0.25) is 0 Å². The Morgan fingerprint density at radius 2 is 2.20 bits per heavy atom. The first-order valence-electron chi connectivity index (χ1n) is 6.38. The van der Waals surface area contributed by atoms with Gasteiger partial charge in [0.1, 0.15) is 5.01 Å². The molecule has 2 aromatic rings. The van der Waals surface area contributed by atoms with Crippen LogP contribution in [-0.4, -0.2) is 22.7 Å². The van der Waals surface area contributed by atoms with Crippen molar-refractivity contribution in [3.05, 3.63) is 38.6 Å². The molecule has 2 rings (SSSR count). The Kier molecular flexibility index (Phi) is 5.81. The minimum atomic E-state index is 0.108. The molecule has 0 aliphatic heterocycles. The van der Waals surface area contributed by atoms with E-state index >= 15 is 0 Å². The fourth-order valence-corrected chi connectivity index (χ4v) is 2.91. The Hall–Kier alpha value is -0.650. The average molecular weight is 331 g/mol. The second-order valence-electron chi connectivity index (χ2n) is 4.42. The van der Waals surface area contributed by atoms with Gasteiger partial charge in [-0.15, -0.1) is 11.3 Å². The molecular weight excluding hydrogens is 315 g/mol. The molecule has 0 radical (unpaired) electrons. The summed E-state index contributed by atoms with van der Waals surface area (Å²) in [6, 6.07) is 5.46. The van der Waals surface area contributed by atoms with Crippen LogP contribution in [0.5, 0.6) is 0 Å². The van der Waals surface area contributed by atoms with Crippen molar-refractivity contribution in [1.82, 2.24) is 10.3 Å². The van der Waals surface area contributed by atoms with E-state index in [1.165, 1.54) is 0 Å². The Labute approximate surface area is 132 Å². The molecule has 0 aliphatic rings. The summed E-state index contributed by atoms with van der Waals surface area (Å²) in [6.07, 6.45) is 0.884. The number of benzene rings is 1. The number of aliphatic hydroxyl groups excluding tert-OH is 1. The molecule has 3 nitrogen and oxygen atoms in total. The van der Waals surface area contributed by atoms with Crippen LogP contribution in [-0.2, 0) is 6.54 Å². The average Bonchev–Trinajstić information content (AvgIpc) is 2.91. The van der Waals surface area contributed by atoms with E-state index in [0.717, 1.165) is 22.7 Å². The van der Waals surface area contributed by atoms with Crippen LogP contribution in [0, 0.1) is 0 Å². The maximum absolute atomic E-state index is 9.14. The van der Waals surface area contributed by atoms with Crippen molar-refractivity contribution in [1.29, 1.82) is 0 Å². The number of nitrogens with one attached hydrogen (secondary N) is 1. The van der Waals surface area contributed by atoms with E-state index in [1.54, 1.807) is 23.5 Å². The fraction of sp³-hybridized carbons (Fsp3) is 0.357. The van der Waals surface area contributed by atoms with Crippen molar-refractivity contribution < 1.29 is 5.11 Å². The maximum Gasteiger partial charge on any atom is 0.107 e. The van der Waals surface area contributed by atoms with Crippen LogP contribution in [0.15, 0.2) is 23.6 Å². The van der Waals surface area contributed by atoms with Crippen molar-refractivity contribution in [3.63, 3.8) is 0 Å². The van der Waals surface area contributed by atoms with Gasteiger partial charge >= 0.3 is 0 Å². The van der Waals surface area contributed by atoms with E-state index in [1.807, 2.05) is 18.4 Å². The first-order valence-corrected chi connectivity index (χ1v) is 8.01. The molecule has 1 aromatic carbocycles. The zero-order chi connectivity index (χ0) is 14.5. The number of hydrogen-bond donors (Lipinski definition) is 2. The first-order chi connectivity index (χ1) is 9.63. The summed E-state index contributed by atoms with van der Waals surface area (Å²) in [5.74, 6) is 0. The molecule has 1 heterocycles. The highest BCUT2D eigenvalue weighted by molar-refractivity contribution is 7.09. The molecule has 0 spiro atoms. The van der Waals surface area contributed by atoms with E-state index in [9.17, 15) is 0 Å². The van der Waals surface area contributed by atoms with E-state index in [0.29, 0.717) is 16.6 Å². The third kappa shape index (κ3) is 3.93. The topological polar surface area (TPSA) is 45.1 Å². The number of nitrogens with zero attached hydrogens (tertiary/aromatic N) is 1. The van der Waals surface area contributed by atoms with Gasteiger partial charge in [-0.25, -0.2) is 4.98 Å². The third-order valence-corrected chi connectivity index (χ3v) is 4.42. The Morgan fingerprint density at radius 3 is 2.90 bits per heavy atom. The largest absolute Gasteiger partial charge is 0.395 e. The minimum Gasteiger partial charge on any atom is -0.395 e. The zero-order valence-electron chi connectivity index (χ0n) is 11.1. The van der Waals surface area contributed by atoms with Crippen LogP contribution in [0.4, 0.5) is 0 Å². The van der Waals surface area contributed by atoms with E-state index in [2.05, 4.69) is 10.3 Å². The summed E-state index contributed by atoms with van der Waals surface area (Å²) in [4.78, 5) is 4.55. The molecule has 6 heteroatoms. The number of rotatable bonds is 6. The monoisotopic (exact) mass is 330 g/mol. The van der Waals surface area contributed by atoms with E-state index in [4.69, 9.17) is 28.3 Å². The number of hydrogen-bond acceptors (Lipinski definition) is 4. The lowest BCUT2D eigenvalue weighted by molar-refractivity contribution is 0.238. The minimum absolute atomic E-state index is 0.108. The smallest absolute Gasteiger partial charge is 0.107 e. The summed E-state index contributed by atoms with van der Waals surface area (Å²) < 4.78 is 0. The lowest BCUT2D eigenvalue weighted by atomic mass is 10.2. The Balaban J connectivity index is 2.10. The van der Waals surface area contributed by atoms with E-state index < -0.39 is 0 Å². The number of halogens is 2. The van der Waals surface area contributed by atoms with Crippen LogP contribution in [0.25, 0.3) is 11.3 Å². The Bertz CT molecular complexity index is 570. The molecule has 1 aromatic heterocycles. The molecule has 108 valence electrons. The molecule has 1 unspecified atom stereocenters. The summed E-state index contributed by atoms with van der Waals surface area (Å²) in [5, 5.41) is 16.6. The van der Waals surface area contributed by atoms with Crippen LogP contribution >= 0.6 is 34.5 Å². The molecule has 0 bridgehead atoms.